The summed E-state index contributed by atoms with van der Waals surface area (Å²) >= 11 is 3.33. The Labute approximate surface area is 145 Å². The van der Waals surface area contributed by atoms with Crippen molar-refractivity contribution in [3.63, 3.8) is 0 Å². The van der Waals surface area contributed by atoms with E-state index in [1.54, 1.807) is 18.2 Å². The Morgan fingerprint density at radius 1 is 1.13 bits per heavy atom. The van der Waals surface area contributed by atoms with E-state index in [9.17, 15) is 9.59 Å². The van der Waals surface area contributed by atoms with Crippen LogP contribution in [0.25, 0.3) is 0 Å². The fourth-order valence-corrected chi connectivity index (χ4v) is 3.83. The number of amides is 2. The maximum absolute atomic E-state index is 12.2. The number of halogens is 1. The van der Waals surface area contributed by atoms with Crippen molar-refractivity contribution in [2.45, 2.75) is 57.7 Å². The van der Waals surface area contributed by atoms with Gasteiger partial charge >= 0.3 is 11.8 Å². The van der Waals surface area contributed by atoms with Gasteiger partial charge in [-0.3, -0.25) is 9.59 Å². The number of hydrogen-bond donors (Lipinski definition) is 3. The van der Waals surface area contributed by atoms with Crippen LogP contribution in [0, 0.1) is 0 Å². The summed E-state index contributed by atoms with van der Waals surface area (Å²) < 4.78 is 0.845. The van der Waals surface area contributed by atoms with E-state index in [2.05, 4.69) is 59.6 Å². The van der Waals surface area contributed by atoms with Crippen LogP contribution in [0.2, 0.25) is 0 Å². The molecule has 0 unspecified atom stereocenters. The van der Waals surface area contributed by atoms with Crippen LogP contribution in [0.4, 0.5) is 5.69 Å². The van der Waals surface area contributed by atoms with Gasteiger partial charge in [0.05, 0.1) is 0 Å². The number of carbonyl (C=O) groups is 2. The lowest BCUT2D eigenvalue weighted by Gasteiger charge is -2.46. The number of nitrogens with one attached hydrogen (secondary N) is 3. The Kier molecular flexibility index (Phi) is 5.16. The van der Waals surface area contributed by atoms with Crippen molar-refractivity contribution in [2.75, 3.05) is 5.32 Å². The van der Waals surface area contributed by atoms with E-state index in [4.69, 9.17) is 0 Å². The highest BCUT2D eigenvalue weighted by Gasteiger charge is 2.38. The van der Waals surface area contributed by atoms with E-state index in [1.807, 2.05) is 6.07 Å². The zero-order chi connectivity index (χ0) is 17.3. The molecule has 0 aromatic heterocycles. The quantitative estimate of drug-likeness (QED) is 0.689. The van der Waals surface area contributed by atoms with Gasteiger partial charge in [0.25, 0.3) is 0 Å². The number of rotatable bonds is 2. The van der Waals surface area contributed by atoms with Gasteiger partial charge in [0.15, 0.2) is 0 Å². The van der Waals surface area contributed by atoms with Crippen LogP contribution in [-0.2, 0) is 9.59 Å². The van der Waals surface area contributed by atoms with Crippen LogP contribution >= 0.6 is 15.9 Å². The van der Waals surface area contributed by atoms with E-state index >= 15 is 0 Å². The van der Waals surface area contributed by atoms with Gasteiger partial charge in [0.1, 0.15) is 0 Å². The molecule has 0 radical (unpaired) electrons. The number of benzene rings is 1. The van der Waals surface area contributed by atoms with E-state index in [-0.39, 0.29) is 17.1 Å². The minimum absolute atomic E-state index is 0.0259. The first-order chi connectivity index (χ1) is 10.6. The Hall–Kier alpha value is -1.40. The highest BCUT2D eigenvalue weighted by atomic mass is 79.9. The Bertz CT molecular complexity index is 598. The van der Waals surface area contributed by atoms with Gasteiger partial charge in [-0.05, 0) is 58.7 Å². The molecule has 23 heavy (non-hydrogen) atoms. The molecular weight excluding hydrogens is 358 g/mol. The second-order valence-corrected chi connectivity index (χ2v) is 8.35. The molecule has 1 aliphatic heterocycles. The van der Waals surface area contributed by atoms with E-state index in [0.717, 1.165) is 17.3 Å². The molecule has 3 N–H and O–H groups in total. The zero-order valence-corrected chi connectivity index (χ0v) is 15.6. The van der Waals surface area contributed by atoms with Crippen molar-refractivity contribution in [1.82, 2.24) is 10.6 Å². The van der Waals surface area contributed by atoms with Gasteiger partial charge < -0.3 is 16.0 Å². The fraction of sp³-hybridized carbons (Fsp3) is 0.529. The molecule has 1 fully saturated rings. The first-order valence-corrected chi connectivity index (χ1v) is 8.52. The monoisotopic (exact) mass is 381 g/mol. The normalized spacial score (nSPS) is 19.9. The highest BCUT2D eigenvalue weighted by molar-refractivity contribution is 9.10. The number of carbonyl (C=O) groups excluding carboxylic acids is 2. The molecule has 0 aliphatic carbocycles. The van der Waals surface area contributed by atoms with Crippen molar-refractivity contribution in [3.8, 4) is 0 Å². The van der Waals surface area contributed by atoms with Crippen molar-refractivity contribution in [3.05, 3.63) is 28.7 Å². The molecule has 1 aliphatic rings. The van der Waals surface area contributed by atoms with Crippen LogP contribution in [0.5, 0.6) is 0 Å². The summed E-state index contributed by atoms with van der Waals surface area (Å²) in [5.74, 6) is -1.24. The molecule has 1 aromatic carbocycles. The lowest BCUT2D eigenvalue weighted by molar-refractivity contribution is -0.137. The van der Waals surface area contributed by atoms with Crippen molar-refractivity contribution >= 4 is 33.4 Å². The summed E-state index contributed by atoms with van der Waals surface area (Å²) in [6.45, 7) is 8.42. The minimum Gasteiger partial charge on any atom is -0.345 e. The molecule has 126 valence electrons. The summed E-state index contributed by atoms with van der Waals surface area (Å²) in [6.07, 6.45) is 1.57. The smallest absolute Gasteiger partial charge is 0.313 e. The van der Waals surface area contributed by atoms with Crippen molar-refractivity contribution in [1.29, 1.82) is 0 Å². The van der Waals surface area contributed by atoms with Gasteiger partial charge in [0.2, 0.25) is 0 Å². The zero-order valence-electron chi connectivity index (χ0n) is 14.0. The fourth-order valence-electron chi connectivity index (χ4n) is 3.43. The van der Waals surface area contributed by atoms with E-state index in [1.165, 1.54) is 0 Å². The summed E-state index contributed by atoms with van der Waals surface area (Å²) in [5, 5.41) is 9.03. The second kappa shape index (κ2) is 6.61. The SMILES string of the molecule is CC1(C)CC(NC(=O)C(=O)Nc2cccc(Br)c2)CC(C)(C)N1. The van der Waals surface area contributed by atoms with E-state index < -0.39 is 11.8 Å². The van der Waals surface area contributed by atoms with Crippen LogP contribution < -0.4 is 16.0 Å². The Balaban J connectivity index is 1.97. The van der Waals surface area contributed by atoms with Gasteiger partial charge in [-0.25, -0.2) is 0 Å². The van der Waals surface area contributed by atoms with Gasteiger partial charge in [-0.1, -0.05) is 22.0 Å². The van der Waals surface area contributed by atoms with Crippen LogP contribution in [0.3, 0.4) is 0 Å². The molecule has 1 aromatic rings. The van der Waals surface area contributed by atoms with Crippen LogP contribution in [0.15, 0.2) is 28.7 Å². The minimum atomic E-state index is -0.641. The van der Waals surface area contributed by atoms with E-state index in [0.29, 0.717) is 5.69 Å². The van der Waals surface area contributed by atoms with Crippen molar-refractivity contribution in [2.24, 2.45) is 0 Å². The van der Waals surface area contributed by atoms with Gasteiger partial charge in [0, 0.05) is 27.3 Å². The molecule has 0 spiro atoms. The van der Waals surface area contributed by atoms with Gasteiger partial charge in [-0.15, -0.1) is 0 Å². The lowest BCUT2D eigenvalue weighted by atomic mass is 9.79. The summed E-state index contributed by atoms with van der Waals surface area (Å²) in [6, 6.07) is 7.13. The third-order valence-corrected chi connectivity index (χ3v) is 4.31. The summed E-state index contributed by atoms with van der Waals surface area (Å²) in [7, 11) is 0. The molecule has 1 heterocycles. The molecular formula is C17H24BrN3O2. The first kappa shape index (κ1) is 17.9. The third kappa shape index (κ3) is 5.32. The Morgan fingerprint density at radius 3 is 2.30 bits per heavy atom. The number of anilines is 1. The third-order valence-electron chi connectivity index (χ3n) is 3.81. The average molecular weight is 382 g/mol. The second-order valence-electron chi connectivity index (χ2n) is 7.44. The molecule has 2 amide bonds. The lowest BCUT2D eigenvalue weighted by Crippen LogP contribution is -2.62. The number of piperidine rings is 1. The largest absolute Gasteiger partial charge is 0.345 e. The first-order valence-electron chi connectivity index (χ1n) is 7.73. The summed E-state index contributed by atoms with van der Waals surface area (Å²) in [5.41, 5.74) is 0.423. The average Bonchev–Trinajstić information content (AvgIpc) is 2.34. The molecule has 1 saturated heterocycles. The summed E-state index contributed by atoms with van der Waals surface area (Å²) in [4.78, 5) is 24.2. The standard InChI is InChI=1S/C17H24BrN3O2/c1-16(2)9-13(10-17(3,4)21-16)20-15(23)14(22)19-12-7-5-6-11(18)8-12/h5-8,13,21H,9-10H2,1-4H3,(H,19,22)(H,20,23). The van der Waals surface area contributed by atoms with Gasteiger partial charge in [-0.2, -0.15) is 0 Å². The van der Waals surface area contributed by atoms with Crippen LogP contribution in [-0.4, -0.2) is 28.9 Å². The number of hydrogen-bond acceptors (Lipinski definition) is 3. The molecule has 6 heteroatoms. The predicted octanol–water partition coefficient (Wildman–Crippen LogP) is 2.81. The Morgan fingerprint density at radius 2 is 1.74 bits per heavy atom. The predicted molar refractivity (Wildman–Crippen MR) is 95.2 cm³/mol. The maximum atomic E-state index is 12.2. The molecule has 0 bridgehead atoms. The molecule has 0 saturated carbocycles. The highest BCUT2D eigenvalue weighted by Crippen LogP contribution is 2.28. The molecule has 0 atom stereocenters. The topological polar surface area (TPSA) is 70.2 Å². The molecule has 5 nitrogen and oxygen atoms in total. The van der Waals surface area contributed by atoms with Crippen molar-refractivity contribution < 1.29 is 9.59 Å². The maximum Gasteiger partial charge on any atom is 0.313 e. The molecule has 2 rings (SSSR count). The van der Waals surface area contributed by atoms with Crippen LogP contribution in [0.1, 0.15) is 40.5 Å².